The first-order valence-electron chi connectivity index (χ1n) is 6.89. The molecule has 0 fully saturated rings. The van der Waals surface area contributed by atoms with Crippen LogP contribution in [-0.4, -0.2) is 10.6 Å². The fourth-order valence-corrected chi connectivity index (χ4v) is 2.66. The van der Waals surface area contributed by atoms with Crippen LogP contribution in [0.1, 0.15) is 32.8 Å². The Kier molecular flexibility index (Phi) is 4.07. The number of para-hydroxylation sites is 1. The minimum absolute atomic E-state index is 0.601. The van der Waals surface area contributed by atoms with Gasteiger partial charge in [-0.3, -0.25) is 0 Å². The Balaban J connectivity index is 2.17. The molecule has 0 amide bonds. The molecule has 0 aliphatic heterocycles. The van der Waals surface area contributed by atoms with E-state index in [1.807, 2.05) is 0 Å². The van der Waals surface area contributed by atoms with E-state index in [1.54, 1.807) is 0 Å². The van der Waals surface area contributed by atoms with Crippen LogP contribution in [0.25, 0.3) is 10.9 Å². The highest BCUT2D eigenvalue weighted by Gasteiger charge is 2.11. The number of aromatic nitrogens is 1. The maximum absolute atomic E-state index is 3.68. The maximum atomic E-state index is 3.68. The van der Waals surface area contributed by atoms with E-state index < -0.39 is 0 Å². The van der Waals surface area contributed by atoms with E-state index in [-0.39, 0.29) is 0 Å². The highest BCUT2D eigenvalue weighted by atomic mass is 14.9. The molecule has 0 spiro atoms. The van der Waals surface area contributed by atoms with Crippen LogP contribution < -0.4 is 5.32 Å². The largest absolute Gasteiger partial charge is 0.350 e. The molecular weight excluding hydrogens is 220 g/mol. The summed E-state index contributed by atoms with van der Waals surface area (Å²) in [5.41, 5.74) is 2.71. The van der Waals surface area contributed by atoms with Crippen molar-refractivity contribution >= 4 is 10.9 Å². The van der Waals surface area contributed by atoms with Crippen LogP contribution in [0.2, 0.25) is 0 Å². The van der Waals surface area contributed by atoms with Crippen molar-refractivity contribution in [3.8, 4) is 0 Å². The van der Waals surface area contributed by atoms with Gasteiger partial charge in [-0.05, 0) is 24.0 Å². The molecule has 0 saturated heterocycles. The summed E-state index contributed by atoms with van der Waals surface area (Å²) in [4.78, 5) is 0. The molecule has 0 aliphatic carbocycles. The van der Waals surface area contributed by atoms with Crippen LogP contribution >= 0.6 is 0 Å². The molecule has 1 heterocycles. The molecule has 98 valence electrons. The van der Waals surface area contributed by atoms with Gasteiger partial charge in [-0.15, -0.1) is 0 Å². The third kappa shape index (κ3) is 2.59. The van der Waals surface area contributed by atoms with Gasteiger partial charge in [0.2, 0.25) is 0 Å². The SMILES string of the molecule is CCC(NCc1cn(C)c2ccccc12)C(C)C. The Morgan fingerprint density at radius 1 is 1.22 bits per heavy atom. The van der Waals surface area contributed by atoms with Gasteiger partial charge >= 0.3 is 0 Å². The molecule has 0 aliphatic rings. The Morgan fingerprint density at radius 3 is 2.61 bits per heavy atom. The summed E-state index contributed by atoms with van der Waals surface area (Å²) in [5.74, 6) is 0.685. The van der Waals surface area contributed by atoms with Crippen molar-refractivity contribution in [2.24, 2.45) is 13.0 Å². The predicted octanol–water partition coefficient (Wildman–Crippen LogP) is 3.70. The summed E-state index contributed by atoms with van der Waals surface area (Å²) in [7, 11) is 2.12. The van der Waals surface area contributed by atoms with E-state index in [0.717, 1.165) is 6.54 Å². The van der Waals surface area contributed by atoms with Crippen molar-refractivity contribution in [2.45, 2.75) is 39.8 Å². The van der Waals surface area contributed by atoms with Crippen LogP contribution in [0.15, 0.2) is 30.5 Å². The zero-order valence-electron chi connectivity index (χ0n) is 11.9. The van der Waals surface area contributed by atoms with Gasteiger partial charge in [0.15, 0.2) is 0 Å². The first-order valence-corrected chi connectivity index (χ1v) is 6.89. The Labute approximate surface area is 110 Å². The number of nitrogens with zero attached hydrogens (tertiary/aromatic N) is 1. The maximum Gasteiger partial charge on any atom is 0.0481 e. The molecule has 1 aromatic carbocycles. The minimum atomic E-state index is 0.601. The van der Waals surface area contributed by atoms with Gasteiger partial charge in [0.1, 0.15) is 0 Å². The van der Waals surface area contributed by atoms with Gasteiger partial charge in [-0.25, -0.2) is 0 Å². The predicted molar refractivity (Wildman–Crippen MR) is 78.7 cm³/mol. The monoisotopic (exact) mass is 244 g/mol. The van der Waals surface area contributed by atoms with Crippen LogP contribution in [0.5, 0.6) is 0 Å². The fraction of sp³-hybridized carbons (Fsp3) is 0.500. The molecule has 18 heavy (non-hydrogen) atoms. The summed E-state index contributed by atoms with van der Waals surface area (Å²) in [6, 6.07) is 9.21. The summed E-state index contributed by atoms with van der Waals surface area (Å²) in [6.07, 6.45) is 3.42. The van der Waals surface area contributed by atoms with Gasteiger partial charge in [-0.2, -0.15) is 0 Å². The van der Waals surface area contributed by atoms with Crippen LogP contribution in [-0.2, 0) is 13.6 Å². The Hall–Kier alpha value is -1.28. The molecule has 2 nitrogen and oxygen atoms in total. The van der Waals surface area contributed by atoms with Crippen molar-refractivity contribution in [1.82, 2.24) is 9.88 Å². The van der Waals surface area contributed by atoms with Crippen LogP contribution in [0.3, 0.4) is 0 Å². The molecular formula is C16H24N2. The van der Waals surface area contributed by atoms with E-state index in [1.165, 1.54) is 22.9 Å². The highest BCUT2D eigenvalue weighted by Crippen LogP contribution is 2.20. The molecule has 1 aromatic heterocycles. The third-order valence-electron chi connectivity index (χ3n) is 3.78. The lowest BCUT2D eigenvalue weighted by molar-refractivity contribution is 0.388. The molecule has 1 atom stereocenters. The zero-order valence-corrected chi connectivity index (χ0v) is 11.9. The lowest BCUT2D eigenvalue weighted by Gasteiger charge is -2.20. The molecule has 0 radical (unpaired) electrons. The molecule has 0 saturated carbocycles. The average molecular weight is 244 g/mol. The van der Waals surface area contributed by atoms with Gasteiger partial charge < -0.3 is 9.88 Å². The second kappa shape index (κ2) is 5.57. The highest BCUT2D eigenvalue weighted by molar-refractivity contribution is 5.83. The molecule has 1 N–H and O–H groups in total. The van der Waals surface area contributed by atoms with Crippen molar-refractivity contribution < 1.29 is 0 Å². The summed E-state index contributed by atoms with van der Waals surface area (Å²) in [6.45, 7) is 7.77. The molecule has 1 unspecified atom stereocenters. The van der Waals surface area contributed by atoms with Crippen LogP contribution in [0, 0.1) is 5.92 Å². The lowest BCUT2D eigenvalue weighted by Crippen LogP contribution is -2.32. The number of benzene rings is 1. The minimum Gasteiger partial charge on any atom is -0.350 e. The number of hydrogen-bond acceptors (Lipinski definition) is 1. The lowest BCUT2D eigenvalue weighted by atomic mass is 10.0. The average Bonchev–Trinajstić information content (AvgIpc) is 2.68. The van der Waals surface area contributed by atoms with Gasteiger partial charge in [-0.1, -0.05) is 39.0 Å². The van der Waals surface area contributed by atoms with Crippen LogP contribution in [0.4, 0.5) is 0 Å². The Bertz CT molecular complexity index is 511. The van der Waals surface area contributed by atoms with E-state index in [9.17, 15) is 0 Å². The number of aryl methyl sites for hydroxylation is 1. The van der Waals surface area contributed by atoms with E-state index in [2.05, 4.69) is 68.2 Å². The van der Waals surface area contributed by atoms with Crippen molar-refractivity contribution in [3.63, 3.8) is 0 Å². The summed E-state index contributed by atoms with van der Waals surface area (Å²) in [5, 5.41) is 5.04. The zero-order chi connectivity index (χ0) is 13.1. The molecule has 2 heteroatoms. The first-order chi connectivity index (χ1) is 8.63. The van der Waals surface area contributed by atoms with Gasteiger partial charge in [0, 0.05) is 36.7 Å². The van der Waals surface area contributed by atoms with Gasteiger partial charge in [0.25, 0.3) is 0 Å². The van der Waals surface area contributed by atoms with Crippen molar-refractivity contribution in [2.75, 3.05) is 0 Å². The number of nitrogens with one attached hydrogen (secondary N) is 1. The first kappa shape index (κ1) is 13.2. The third-order valence-corrected chi connectivity index (χ3v) is 3.78. The molecule has 2 aromatic rings. The van der Waals surface area contributed by atoms with Crippen molar-refractivity contribution in [1.29, 1.82) is 0 Å². The number of fused-ring (bicyclic) bond motifs is 1. The van der Waals surface area contributed by atoms with E-state index in [0.29, 0.717) is 12.0 Å². The number of hydrogen-bond donors (Lipinski definition) is 1. The molecule has 2 rings (SSSR count). The second-order valence-corrected chi connectivity index (χ2v) is 5.42. The number of rotatable bonds is 5. The molecule has 0 bridgehead atoms. The smallest absolute Gasteiger partial charge is 0.0481 e. The standard InChI is InChI=1S/C16H24N2/c1-5-15(12(2)3)17-10-13-11-18(4)16-9-7-6-8-14(13)16/h6-9,11-12,15,17H,5,10H2,1-4H3. The fourth-order valence-electron chi connectivity index (χ4n) is 2.66. The summed E-state index contributed by atoms with van der Waals surface area (Å²) >= 11 is 0. The van der Waals surface area contributed by atoms with Crippen molar-refractivity contribution in [3.05, 3.63) is 36.0 Å². The second-order valence-electron chi connectivity index (χ2n) is 5.42. The van der Waals surface area contributed by atoms with E-state index in [4.69, 9.17) is 0 Å². The topological polar surface area (TPSA) is 17.0 Å². The Morgan fingerprint density at radius 2 is 1.94 bits per heavy atom. The summed E-state index contributed by atoms with van der Waals surface area (Å²) < 4.78 is 2.21. The van der Waals surface area contributed by atoms with Gasteiger partial charge in [0.05, 0.1) is 0 Å². The quantitative estimate of drug-likeness (QED) is 0.848. The van der Waals surface area contributed by atoms with E-state index >= 15 is 0 Å². The normalized spacial score (nSPS) is 13.4.